The van der Waals surface area contributed by atoms with Gasteiger partial charge in [0.1, 0.15) is 11.5 Å². The number of H-pyrrole nitrogens is 1. The molecule has 2 saturated heterocycles. The second-order valence-electron chi connectivity index (χ2n) is 5.97. The average Bonchev–Trinajstić information content (AvgIpc) is 3.20. The highest BCUT2D eigenvalue weighted by atomic mass is 32.2. The molecule has 2 aromatic rings. The van der Waals surface area contributed by atoms with E-state index in [1.54, 1.807) is 23.1 Å². The van der Waals surface area contributed by atoms with Crippen LogP contribution in [-0.4, -0.2) is 53.0 Å². The maximum absolute atomic E-state index is 13.0. The van der Waals surface area contributed by atoms with Crippen LogP contribution in [0.1, 0.15) is 16.9 Å². The highest BCUT2D eigenvalue weighted by Crippen LogP contribution is 2.34. The summed E-state index contributed by atoms with van der Waals surface area (Å²) < 4.78 is 36.5. The van der Waals surface area contributed by atoms with Crippen LogP contribution in [0.2, 0.25) is 0 Å². The predicted octanol–water partition coefficient (Wildman–Crippen LogP) is 1.23. The summed E-state index contributed by atoms with van der Waals surface area (Å²) in [5, 5.41) is 6.34. The summed E-state index contributed by atoms with van der Waals surface area (Å²) in [4.78, 5) is 14.2. The number of carbonyl (C=O) groups excluding carboxylic acids is 1. The summed E-state index contributed by atoms with van der Waals surface area (Å²) in [6.45, 7) is 0.247. The molecule has 23 heavy (non-hydrogen) atoms. The van der Waals surface area contributed by atoms with Gasteiger partial charge in [0.05, 0.1) is 16.7 Å². The molecule has 0 spiro atoms. The van der Waals surface area contributed by atoms with Crippen LogP contribution in [0.3, 0.4) is 0 Å². The van der Waals surface area contributed by atoms with Crippen LogP contribution in [0.15, 0.2) is 30.3 Å². The van der Waals surface area contributed by atoms with E-state index in [1.165, 1.54) is 12.1 Å². The van der Waals surface area contributed by atoms with Crippen molar-refractivity contribution in [2.45, 2.75) is 17.7 Å². The van der Waals surface area contributed by atoms with E-state index < -0.39 is 15.1 Å². The van der Waals surface area contributed by atoms with E-state index in [2.05, 4.69) is 10.2 Å². The van der Waals surface area contributed by atoms with Crippen LogP contribution >= 0.6 is 0 Å². The van der Waals surface area contributed by atoms with Gasteiger partial charge in [-0.1, -0.05) is 0 Å². The number of likely N-dealkylation sites (tertiary alicyclic amines) is 1. The minimum Gasteiger partial charge on any atom is -0.332 e. The fourth-order valence-corrected chi connectivity index (χ4v) is 5.33. The van der Waals surface area contributed by atoms with Crippen molar-refractivity contribution < 1.29 is 17.6 Å². The number of aromatic nitrogens is 2. The summed E-state index contributed by atoms with van der Waals surface area (Å²) in [5.41, 5.74) is 1.56. The van der Waals surface area contributed by atoms with Crippen LogP contribution in [-0.2, 0) is 9.84 Å². The molecule has 2 atom stereocenters. The number of benzene rings is 1. The molecule has 0 aliphatic carbocycles. The number of nitrogens with one attached hydrogen (secondary N) is 1. The maximum Gasteiger partial charge on any atom is 0.272 e. The molecule has 6 nitrogen and oxygen atoms in total. The van der Waals surface area contributed by atoms with Crippen molar-refractivity contribution in [3.8, 4) is 11.3 Å². The number of nitrogens with zero attached hydrogens (tertiary/aromatic N) is 2. The largest absolute Gasteiger partial charge is 0.332 e. The number of hydrogen-bond donors (Lipinski definition) is 1. The van der Waals surface area contributed by atoms with E-state index >= 15 is 0 Å². The van der Waals surface area contributed by atoms with Gasteiger partial charge in [-0.3, -0.25) is 9.89 Å². The molecule has 2 bridgehead atoms. The third-order valence-corrected chi connectivity index (χ3v) is 6.72. The first-order valence-electron chi connectivity index (χ1n) is 7.28. The number of fused-ring (bicyclic) bond motifs is 2. The minimum atomic E-state index is -3.03. The fraction of sp³-hybridized carbons (Fsp3) is 0.333. The molecule has 8 heteroatoms. The van der Waals surface area contributed by atoms with Gasteiger partial charge in [0, 0.05) is 18.2 Å². The Morgan fingerprint density at radius 3 is 2.65 bits per heavy atom. The Hall–Kier alpha value is -2.22. The van der Waals surface area contributed by atoms with Crippen LogP contribution in [0.25, 0.3) is 11.3 Å². The highest BCUT2D eigenvalue weighted by Gasteiger charge is 2.50. The van der Waals surface area contributed by atoms with Crippen molar-refractivity contribution in [2.75, 3.05) is 12.3 Å². The first-order valence-corrected chi connectivity index (χ1v) is 8.99. The third kappa shape index (κ3) is 2.33. The predicted molar refractivity (Wildman–Crippen MR) is 81.0 cm³/mol. The van der Waals surface area contributed by atoms with Crippen LogP contribution in [0, 0.1) is 5.82 Å². The molecule has 0 radical (unpaired) electrons. The molecule has 1 amide bonds. The number of halogens is 1. The van der Waals surface area contributed by atoms with E-state index in [1.807, 2.05) is 0 Å². The van der Waals surface area contributed by atoms with Gasteiger partial charge >= 0.3 is 0 Å². The average molecular weight is 335 g/mol. The van der Waals surface area contributed by atoms with E-state index in [0.29, 0.717) is 23.4 Å². The molecular formula is C15H14FN3O3S. The number of rotatable bonds is 2. The monoisotopic (exact) mass is 335 g/mol. The Kier molecular flexibility index (Phi) is 3.06. The molecule has 2 unspecified atom stereocenters. The van der Waals surface area contributed by atoms with Crippen LogP contribution in [0.4, 0.5) is 4.39 Å². The number of carbonyl (C=O) groups is 1. The molecule has 2 fully saturated rings. The molecule has 1 N–H and O–H groups in total. The summed E-state index contributed by atoms with van der Waals surface area (Å²) >= 11 is 0. The molecule has 120 valence electrons. The van der Waals surface area contributed by atoms with Crippen LogP contribution in [0.5, 0.6) is 0 Å². The lowest BCUT2D eigenvalue weighted by Crippen LogP contribution is -2.44. The van der Waals surface area contributed by atoms with Gasteiger partial charge in [0.25, 0.3) is 5.91 Å². The molecule has 1 aromatic heterocycles. The van der Waals surface area contributed by atoms with Crippen molar-refractivity contribution in [3.05, 3.63) is 41.8 Å². The Morgan fingerprint density at radius 2 is 2.04 bits per heavy atom. The third-order valence-electron chi connectivity index (χ3n) is 4.52. The quantitative estimate of drug-likeness (QED) is 0.895. The Bertz CT molecular complexity index is 876. The van der Waals surface area contributed by atoms with Crippen molar-refractivity contribution >= 4 is 15.7 Å². The second kappa shape index (κ2) is 4.89. The van der Waals surface area contributed by atoms with Crippen molar-refractivity contribution in [1.29, 1.82) is 0 Å². The zero-order valence-corrected chi connectivity index (χ0v) is 12.9. The summed E-state index contributed by atoms with van der Waals surface area (Å²) in [6, 6.07) is 7.20. The zero-order chi connectivity index (χ0) is 16.2. The van der Waals surface area contributed by atoms with Crippen LogP contribution < -0.4 is 0 Å². The molecule has 2 aliphatic heterocycles. The van der Waals surface area contributed by atoms with Gasteiger partial charge in [-0.15, -0.1) is 0 Å². The topological polar surface area (TPSA) is 83.1 Å². The molecular weight excluding hydrogens is 321 g/mol. The van der Waals surface area contributed by atoms with E-state index in [4.69, 9.17) is 0 Å². The Morgan fingerprint density at radius 1 is 1.30 bits per heavy atom. The molecule has 1 aromatic carbocycles. The number of amides is 1. The Labute approximate surface area is 132 Å². The van der Waals surface area contributed by atoms with Crippen molar-refractivity contribution in [3.63, 3.8) is 0 Å². The lowest BCUT2D eigenvalue weighted by molar-refractivity contribution is 0.0740. The zero-order valence-electron chi connectivity index (χ0n) is 12.1. The lowest BCUT2D eigenvalue weighted by atomic mass is 10.1. The summed E-state index contributed by atoms with van der Waals surface area (Å²) in [7, 11) is -3.03. The summed E-state index contributed by atoms with van der Waals surface area (Å²) in [6.07, 6.45) is 0.521. The number of sulfone groups is 1. The minimum absolute atomic E-state index is 0.0440. The smallest absolute Gasteiger partial charge is 0.272 e. The standard InChI is InChI=1S/C15H14FN3O3S/c16-10-3-1-9(2-4-10)13-6-14(18-17-13)15(20)19-7-12-5-11(19)8-23(12,21)22/h1-4,6,11-12H,5,7-8H2,(H,17,18). The normalized spacial score (nSPS) is 25.0. The maximum atomic E-state index is 13.0. The van der Waals surface area contributed by atoms with E-state index in [0.717, 1.165) is 0 Å². The fourth-order valence-electron chi connectivity index (χ4n) is 3.30. The first-order chi connectivity index (χ1) is 10.9. The molecule has 4 rings (SSSR count). The number of aromatic amines is 1. The second-order valence-corrected chi connectivity index (χ2v) is 8.30. The number of hydrogen-bond acceptors (Lipinski definition) is 4. The summed E-state index contributed by atoms with van der Waals surface area (Å²) in [5.74, 6) is -0.536. The van der Waals surface area contributed by atoms with Gasteiger partial charge in [0.15, 0.2) is 9.84 Å². The van der Waals surface area contributed by atoms with Gasteiger partial charge in [0.2, 0.25) is 0 Å². The molecule has 2 aliphatic rings. The molecule has 0 saturated carbocycles. The molecule has 3 heterocycles. The SMILES string of the molecule is O=C(c1cc(-c2ccc(F)cc2)n[nH]1)N1CC2CC1CS2(=O)=O. The van der Waals surface area contributed by atoms with Crippen molar-refractivity contribution in [2.24, 2.45) is 0 Å². The van der Waals surface area contributed by atoms with E-state index in [9.17, 15) is 17.6 Å². The van der Waals surface area contributed by atoms with Gasteiger partial charge in [-0.05, 0) is 36.8 Å². The lowest BCUT2D eigenvalue weighted by Gasteiger charge is -2.26. The van der Waals surface area contributed by atoms with Crippen molar-refractivity contribution in [1.82, 2.24) is 15.1 Å². The van der Waals surface area contributed by atoms with Gasteiger partial charge in [-0.25, -0.2) is 12.8 Å². The highest BCUT2D eigenvalue weighted by molar-refractivity contribution is 7.92. The Balaban J connectivity index is 1.56. The van der Waals surface area contributed by atoms with E-state index in [-0.39, 0.29) is 30.1 Å². The van der Waals surface area contributed by atoms with Gasteiger partial charge in [-0.2, -0.15) is 5.10 Å². The first kappa shape index (κ1) is 14.4. The van der Waals surface area contributed by atoms with Gasteiger partial charge < -0.3 is 4.90 Å².